The highest BCUT2D eigenvalue weighted by Gasteiger charge is 2.25. The van der Waals surface area contributed by atoms with Gasteiger partial charge < -0.3 is 10.2 Å². The molecule has 16 heavy (non-hydrogen) atoms. The molecule has 0 amide bonds. The van der Waals surface area contributed by atoms with Gasteiger partial charge in [-0.25, -0.2) is 0 Å². The summed E-state index contributed by atoms with van der Waals surface area (Å²) in [5.41, 5.74) is 0. The van der Waals surface area contributed by atoms with E-state index in [1.807, 2.05) is 0 Å². The van der Waals surface area contributed by atoms with Crippen molar-refractivity contribution in [3.63, 3.8) is 0 Å². The largest absolute Gasteiger partial charge is 0.314 e. The second kappa shape index (κ2) is 7.29. The van der Waals surface area contributed by atoms with Crippen LogP contribution < -0.4 is 5.32 Å². The zero-order valence-corrected chi connectivity index (χ0v) is 11.6. The molecule has 0 aliphatic carbocycles. The number of nitrogens with one attached hydrogen (secondary N) is 1. The number of piperidine rings is 1. The van der Waals surface area contributed by atoms with Crippen molar-refractivity contribution in [2.75, 3.05) is 19.6 Å². The maximum absolute atomic E-state index is 3.59. The molecule has 2 unspecified atom stereocenters. The second-order valence-corrected chi connectivity index (χ2v) is 5.31. The molecule has 1 N–H and O–H groups in total. The lowest BCUT2D eigenvalue weighted by molar-refractivity contribution is 0.114. The van der Waals surface area contributed by atoms with E-state index in [1.54, 1.807) is 0 Å². The molecule has 1 heterocycles. The molecule has 1 fully saturated rings. The van der Waals surface area contributed by atoms with Crippen LogP contribution in [0.1, 0.15) is 53.4 Å². The molecule has 1 aliphatic rings. The highest BCUT2D eigenvalue weighted by Crippen LogP contribution is 2.20. The molecular formula is C14H30N2. The van der Waals surface area contributed by atoms with Gasteiger partial charge in [0.2, 0.25) is 0 Å². The predicted octanol–water partition coefficient (Wildman–Crippen LogP) is 2.89. The Morgan fingerprint density at radius 2 is 1.94 bits per heavy atom. The summed E-state index contributed by atoms with van der Waals surface area (Å²) in [6.07, 6.45) is 5.32. The fourth-order valence-electron chi connectivity index (χ4n) is 2.84. The van der Waals surface area contributed by atoms with E-state index in [1.165, 1.54) is 38.8 Å². The first-order valence-corrected chi connectivity index (χ1v) is 7.18. The van der Waals surface area contributed by atoms with Crippen LogP contribution in [0.25, 0.3) is 0 Å². The quantitative estimate of drug-likeness (QED) is 0.749. The fourth-order valence-corrected chi connectivity index (χ4v) is 2.84. The first kappa shape index (κ1) is 14.0. The summed E-state index contributed by atoms with van der Waals surface area (Å²) in [7, 11) is 0. The fraction of sp³-hybridized carbons (Fsp3) is 1.00. The topological polar surface area (TPSA) is 15.3 Å². The van der Waals surface area contributed by atoms with E-state index < -0.39 is 0 Å². The van der Waals surface area contributed by atoms with E-state index in [0.717, 1.165) is 24.5 Å². The van der Waals surface area contributed by atoms with Crippen molar-refractivity contribution >= 4 is 0 Å². The SMILES string of the molecule is CCNC1CCN(CC(CC)CC)C(C)C1. The van der Waals surface area contributed by atoms with E-state index in [2.05, 4.69) is 37.9 Å². The van der Waals surface area contributed by atoms with Crippen molar-refractivity contribution in [1.82, 2.24) is 10.2 Å². The Bertz CT molecular complexity index is 178. The number of nitrogens with zero attached hydrogens (tertiary/aromatic N) is 1. The maximum Gasteiger partial charge on any atom is 0.00939 e. The molecule has 2 atom stereocenters. The second-order valence-electron chi connectivity index (χ2n) is 5.31. The van der Waals surface area contributed by atoms with Crippen molar-refractivity contribution in [2.24, 2.45) is 5.92 Å². The molecule has 96 valence electrons. The summed E-state index contributed by atoms with van der Waals surface area (Å²) in [6.45, 7) is 13.0. The first-order chi connectivity index (χ1) is 7.71. The van der Waals surface area contributed by atoms with E-state index in [4.69, 9.17) is 0 Å². The third-order valence-electron chi connectivity index (χ3n) is 4.15. The number of rotatable bonds is 6. The molecule has 2 heteroatoms. The van der Waals surface area contributed by atoms with Crippen molar-refractivity contribution < 1.29 is 0 Å². The highest BCUT2D eigenvalue weighted by molar-refractivity contribution is 4.83. The maximum atomic E-state index is 3.59. The lowest BCUT2D eigenvalue weighted by Crippen LogP contribution is -2.48. The van der Waals surface area contributed by atoms with E-state index in [0.29, 0.717) is 0 Å². The summed E-state index contributed by atoms with van der Waals surface area (Å²) in [6, 6.07) is 1.52. The Hall–Kier alpha value is -0.0800. The minimum atomic E-state index is 0.762. The van der Waals surface area contributed by atoms with Gasteiger partial charge in [0.05, 0.1) is 0 Å². The smallest absolute Gasteiger partial charge is 0.00939 e. The summed E-state index contributed by atoms with van der Waals surface area (Å²) in [4.78, 5) is 2.70. The van der Waals surface area contributed by atoms with Crippen molar-refractivity contribution in [3.05, 3.63) is 0 Å². The van der Waals surface area contributed by atoms with Crippen LogP contribution in [0, 0.1) is 5.92 Å². The summed E-state index contributed by atoms with van der Waals surface area (Å²) in [5, 5.41) is 3.59. The first-order valence-electron chi connectivity index (χ1n) is 7.18. The Kier molecular flexibility index (Phi) is 6.37. The third-order valence-corrected chi connectivity index (χ3v) is 4.15. The Labute approximate surface area is 102 Å². The lowest BCUT2D eigenvalue weighted by atomic mass is 9.95. The van der Waals surface area contributed by atoms with Crippen LogP contribution in [0.3, 0.4) is 0 Å². The molecule has 0 aromatic rings. The normalized spacial score (nSPS) is 27.6. The summed E-state index contributed by atoms with van der Waals surface area (Å²) in [5.74, 6) is 0.901. The molecule has 0 radical (unpaired) electrons. The Balaban J connectivity index is 2.35. The minimum absolute atomic E-state index is 0.762. The van der Waals surface area contributed by atoms with Crippen LogP contribution in [-0.4, -0.2) is 36.6 Å². The van der Waals surface area contributed by atoms with E-state index in [9.17, 15) is 0 Å². The zero-order valence-electron chi connectivity index (χ0n) is 11.6. The monoisotopic (exact) mass is 226 g/mol. The van der Waals surface area contributed by atoms with Gasteiger partial charge in [-0.1, -0.05) is 33.6 Å². The minimum Gasteiger partial charge on any atom is -0.314 e. The standard InChI is InChI=1S/C14H30N2/c1-5-13(6-2)11-16-9-8-14(15-7-3)10-12(16)4/h12-15H,5-11H2,1-4H3. The van der Waals surface area contributed by atoms with Gasteiger partial charge in [0.25, 0.3) is 0 Å². The van der Waals surface area contributed by atoms with Gasteiger partial charge in [0, 0.05) is 18.6 Å². The summed E-state index contributed by atoms with van der Waals surface area (Å²) < 4.78 is 0. The van der Waals surface area contributed by atoms with Crippen LogP contribution in [0.5, 0.6) is 0 Å². The van der Waals surface area contributed by atoms with Crippen LogP contribution in [0.2, 0.25) is 0 Å². The number of hydrogen-bond acceptors (Lipinski definition) is 2. The van der Waals surface area contributed by atoms with E-state index in [-0.39, 0.29) is 0 Å². The molecule has 1 saturated heterocycles. The predicted molar refractivity (Wildman–Crippen MR) is 71.8 cm³/mol. The molecule has 1 rings (SSSR count). The highest BCUT2D eigenvalue weighted by atomic mass is 15.2. The third kappa shape index (κ3) is 4.06. The van der Waals surface area contributed by atoms with Crippen molar-refractivity contribution in [3.8, 4) is 0 Å². The van der Waals surface area contributed by atoms with Crippen LogP contribution in [0.4, 0.5) is 0 Å². The average molecular weight is 226 g/mol. The molecule has 0 saturated carbocycles. The van der Waals surface area contributed by atoms with Gasteiger partial charge in [-0.05, 0) is 38.8 Å². The molecule has 1 aliphatic heterocycles. The van der Waals surface area contributed by atoms with Crippen LogP contribution in [-0.2, 0) is 0 Å². The van der Waals surface area contributed by atoms with Gasteiger partial charge in [0.15, 0.2) is 0 Å². The lowest BCUT2D eigenvalue weighted by Gasteiger charge is -2.39. The van der Waals surface area contributed by atoms with Gasteiger partial charge in [-0.15, -0.1) is 0 Å². The Morgan fingerprint density at radius 1 is 1.25 bits per heavy atom. The Morgan fingerprint density at radius 3 is 2.44 bits per heavy atom. The molecule has 0 aromatic carbocycles. The zero-order chi connectivity index (χ0) is 12.0. The molecule has 2 nitrogen and oxygen atoms in total. The van der Waals surface area contributed by atoms with Gasteiger partial charge in [0.1, 0.15) is 0 Å². The van der Waals surface area contributed by atoms with E-state index >= 15 is 0 Å². The summed E-state index contributed by atoms with van der Waals surface area (Å²) >= 11 is 0. The number of likely N-dealkylation sites (tertiary alicyclic amines) is 1. The van der Waals surface area contributed by atoms with Gasteiger partial charge in [-0.3, -0.25) is 0 Å². The van der Waals surface area contributed by atoms with Gasteiger partial charge in [-0.2, -0.15) is 0 Å². The number of hydrogen-bond donors (Lipinski definition) is 1. The molecule has 0 spiro atoms. The molecule has 0 aromatic heterocycles. The van der Waals surface area contributed by atoms with Crippen LogP contribution in [0.15, 0.2) is 0 Å². The van der Waals surface area contributed by atoms with Gasteiger partial charge >= 0.3 is 0 Å². The van der Waals surface area contributed by atoms with Crippen molar-refractivity contribution in [1.29, 1.82) is 0 Å². The van der Waals surface area contributed by atoms with Crippen molar-refractivity contribution in [2.45, 2.75) is 65.5 Å². The van der Waals surface area contributed by atoms with Crippen LogP contribution >= 0.6 is 0 Å². The average Bonchev–Trinajstić information content (AvgIpc) is 2.29. The molecular weight excluding hydrogens is 196 g/mol. The molecule has 0 bridgehead atoms.